The summed E-state index contributed by atoms with van der Waals surface area (Å²) in [6, 6.07) is 10.7. The first-order chi connectivity index (χ1) is 9.33. The van der Waals surface area contributed by atoms with Crippen LogP contribution in [0.2, 0.25) is 0 Å². The molecule has 1 aromatic carbocycles. The van der Waals surface area contributed by atoms with Gasteiger partial charge in [-0.15, -0.1) is 0 Å². The molecule has 0 radical (unpaired) electrons. The van der Waals surface area contributed by atoms with Gasteiger partial charge in [0, 0.05) is 16.5 Å². The Bertz CT molecular complexity index is 790. The van der Waals surface area contributed by atoms with Crippen LogP contribution in [0.3, 0.4) is 0 Å². The molecular weight excluding hydrogens is 232 g/mol. The molecule has 94 valence electrons. The fraction of sp³-hybridized carbons (Fsp3) is 0.294. The van der Waals surface area contributed by atoms with Gasteiger partial charge in [0.2, 0.25) is 0 Å². The second-order valence-corrected chi connectivity index (χ2v) is 5.41. The highest BCUT2D eigenvalue weighted by Crippen LogP contribution is 2.29. The van der Waals surface area contributed by atoms with Crippen LogP contribution >= 0.6 is 0 Å². The van der Waals surface area contributed by atoms with E-state index in [2.05, 4.69) is 31.2 Å². The van der Waals surface area contributed by atoms with Crippen LogP contribution in [0.15, 0.2) is 30.3 Å². The van der Waals surface area contributed by atoms with Gasteiger partial charge in [-0.3, -0.25) is 9.97 Å². The van der Waals surface area contributed by atoms with Crippen LogP contribution in [0, 0.1) is 6.92 Å². The van der Waals surface area contributed by atoms with E-state index < -0.39 is 0 Å². The van der Waals surface area contributed by atoms with Gasteiger partial charge < -0.3 is 0 Å². The van der Waals surface area contributed by atoms with Crippen molar-refractivity contribution in [3.05, 3.63) is 47.3 Å². The van der Waals surface area contributed by atoms with Gasteiger partial charge in [0.05, 0.1) is 16.7 Å². The largest absolute Gasteiger partial charge is 0.251 e. The SMILES string of the molecule is Cc1nc2ccccc2c2cc3c(nc12)CCCC3. The lowest BCUT2D eigenvalue weighted by Crippen LogP contribution is -2.06. The zero-order chi connectivity index (χ0) is 12.8. The molecule has 3 aromatic rings. The van der Waals surface area contributed by atoms with Gasteiger partial charge in [-0.25, -0.2) is 0 Å². The fourth-order valence-electron chi connectivity index (χ4n) is 3.15. The number of hydrogen-bond acceptors (Lipinski definition) is 2. The first-order valence-electron chi connectivity index (χ1n) is 7.01. The average molecular weight is 248 g/mol. The van der Waals surface area contributed by atoms with Crippen molar-refractivity contribution in [3.63, 3.8) is 0 Å². The van der Waals surface area contributed by atoms with Gasteiger partial charge in [-0.2, -0.15) is 0 Å². The topological polar surface area (TPSA) is 25.8 Å². The third-order valence-electron chi connectivity index (χ3n) is 4.13. The van der Waals surface area contributed by atoms with Gasteiger partial charge in [0.15, 0.2) is 0 Å². The third kappa shape index (κ3) is 1.63. The molecule has 2 aromatic heterocycles. The van der Waals surface area contributed by atoms with E-state index in [1.807, 2.05) is 6.07 Å². The molecule has 0 bridgehead atoms. The summed E-state index contributed by atoms with van der Waals surface area (Å²) in [5, 5.41) is 2.49. The normalized spacial score (nSPS) is 14.8. The van der Waals surface area contributed by atoms with Gasteiger partial charge >= 0.3 is 0 Å². The van der Waals surface area contributed by atoms with Crippen molar-refractivity contribution in [3.8, 4) is 0 Å². The minimum Gasteiger partial charge on any atom is -0.251 e. The van der Waals surface area contributed by atoms with Gasteiger partial charge in [0.25, 0.3) is 0 Å². The van der Waals surface area contributed by atoms with Crippen LogP contribution in [0.5, 0.6) is 0 Å². The van der Waals surface area contributed by atoms with E-state index in [4.69, 9.17) is 9.97 Å². The zero-order valence-electron chi connectivity index (χ0n) is 11.1. The van der Waals surface area contributed by atoms with Crippen molar-refractivity contribution < 1.29 is 0 Å². The van der Waals surface area contributed by atoms with Crippen LogP contribution in [0.25, 0.3) is 21.8 Å². The molecule has 0 saturated carbocycles. The number of pyridine rings is 2. The lowest BCUT2D eigenvalue weighted by molar-refractivity contribution is 0.671. The standard InChI is InChI=1S/C17H16N2/c1-11-17-14(13-7-3-5-9-16(13)18-11)10-12-6-2-4-8-15(12)19-17/h3,5,7,9-10H,2,4,6,8H2,1H3. The van der Waals surface area contributed by atoms with Crippen LogP contribution in [-0.4, -0.2) is 9.97 Å². The molecule has 0 atom stereocenters. The molecule has 0 saturated heterocycles. The van der Waals surface area contributed by atoms with Crippen molar-refractivity contribution in [2.75, 3.05) is 0 Å². The third-order valence-corrected chi connectivity index (χ3v) is 4.13. The number of aromatic nitrogens is 2. The molecule has 1 aliphatic rings. The summed E-state index contributed by atoms with van der Waals surface area (Å²) in [6.45, 7) is 2.07. The minimum absolute atomic E-state index is 1.04. The molecule has 2 heterocycles. The van der Waals surface area contributed by atoms with E-state index in [9.17, 15) is 0 Å². The maximum absolute atomic E-state index is 4.90. The van der Waals surface area contributed by atoms with E-state index in [0.717, 1.165) is 23.1 Å². The maximum atomic E-state index is 4.90. The van der Waals surface area contributed by atoms with Gasteiger partial charge in [0.1, 0.15) is 0 Å². The Hall–Kier alpha value is -1.96. The second-order valence-electron chi connectivity index (χ2n) is 5.41. The molecular formula is C17H16N2. The smallest absolute Gasteiger partial charge is 0.0924 e. The predicted octanol–water partition coefficient (Wildman–Crippen LogP) is 3.97. The van der Waals surface area contributed by atoms with E-state index >= 15 is 0 Å². The Morgan fingerprint density at radius 2 is 1.79 bits per heavy atom. The summed E-state index contributed by atoms with van der Waals surface area (Å²) in [7, 11) is 0. The number of fused-ring (bicyclic) bond motifs is 4. The Balaban J connectivity index is 2.16. The number of benzene rings is 1. The molecule has 19 heavy (non-hydrogen) atoms. The van der Waals surface area contributed by atoms with Crippen LogP contribution < -0.4 is 0 Å². The van der Waals surface area contributed by atoms with E-state index in [1.54, 1.807) is 0 Å². The number of hydrogen-bond donors (Lipinski definition) is 0. The molecule has 0 fully saturated rings. The van der Waals surface area contributed by atoms with Crippen molar-refractivity contribution in [2.24, 2.45) is 0 Å². The van der Waals surface area contributed by atoms with Crippen molar-refractivity contribution in [1.82, 2.24) is 9.97 Å². The maximum Gasteiger partial charge on any atom is 0.0924 e. The molecule has 0 amide bonds. The lowest BCUT2D eigenvalue weighted by atomic mass is 9.94. The molecule has 2 heteroatoms. The summed E-state index contributed by atoms with van der Waals surface area (Å²) in [5.74, 6) is 0. The lowest BCUT2D eigenvalue weighted by Gasteiger charge is -2.16. The molecule has 0 aliphatic heterocycles. The summed E-state index contributed by atoms with van der Waals surface area (Å²) in [4.78, 5) is 9.59. The van der Waals surface area contributed by atoms with Gasteiger partial charge in [-0.05, 0) is 50.3 Å². The zero-order valence-corrected chi connectivity index (χ0v) is 11.1. The van der Waals surface area contributed by atoms with Crippen molar-refractivity contribution >= 4 is 21.8 Å². The Morgan fingerprint density at radius 1 is 0.947 bits per heavy atom. The monoisotopic (exact) mass is 248 g/mol. The number of aryl methyl sites for hydroxylation is 3. The first-order valence-corrected chi connectivity index (χ1v) is 7.01. The Morgan fingerprint density at radius 3 is 2.74 bits per heavy atom. The van der Waals surface area contributed by atoms with E-state index in [-0.39, 0.29) is 0 Å². The van der Waals surface area contributed by atoms with E-state index in [1.165, 1.54) is 41.3 Å². The molecule has 4 rings (SSSR count). The Kier molecular flexibility index (Phi) is 2.31. The number of rotatable bonds is 0. The predicted molar refractivity (Wildman–Crippen MR) is 78.4 cm³/mol. The highest BCUT2D eigenvalue weighted by atomic mass is 14.8. The van der Waals surface area contributed by atoms with Crippen LogP contribution in [-0.2, 0) is 12.8 Å². The molecule has 0 spiro atoms. The molecule has 1 aliphatic carbocycles. The number of nitrogens with zero attached hydrogens (tertiary/aromatic N) is 2. The van der Waals surface area contributed by atoms with Crippen LogP contribution in [0.4, 0.5) is 0 Å². The van der Waals surface area contributed by atoms with Gasteiger partial charge in [-0.1, -0.05) is 18.2 Å². The highest BCUT2D eigenvalue weighted by Gasteiger charge is 2.14. The minimum atomic E-state index is 1.04. The van der Waals surface area contributed by atoms with Crippen LogP contribution in [0.1, 0.15) is 29.8 Å². The first kappa shape index (κ1) is 10.9. The van der Waals surface area contributed by atoms with Crippen molar-refractivity contribution in [1.29, 1.82) is 0 Å². The Labute approximate surface area is 112 Å². The highest BCUT2D eigenvalue weighted by molar-refractivity contribution is 6.05. The summed E-state index contributed by atoms with van der Waals surface area (Å²) in [6.07, 6.45) is 4.86. The molecule has 0 unspecified atom stereocenters. The number of para-hydroxylation sites is 1. The van der Waals surface area contributed by atoms with E-state index in [0.29, 0.717) is 0 Å². The average Bonchev–Trinajstić information content (AvgIpc) is 2.46. The summed E-state index contributed by atoms with van der Waals surface area (Å²) in [5.41, 5.74) is 5.93. The second kappa shape index (κ2) is 4.02. The summed E-state index contributed by atoms with van der Waals surface area (Å²) >= 11 is 0. The quantitative estimate of drug-likeness (QED) is 0.562. The fourth-order valence-corrected chi connectivity index (χ4v) is 3.15. The summed E-state index contributed by atoms with van der Waals surface area (Å²) < 4.78 is 0. The van der Waals surface area contributed by atoms with Crippen molar-refractivity contribution in [2.45, 2.75) is 32.6 Å². The molecule has 2 nitrogen and oxygen atoms in total. The molecule has 0 N–H and O–H groups in total.